The number of anilines is 3. The lowest BCUT2D eigenvalue weighted by molar-refractivity contribution is 0.102. The monoisotopic (exact) mass is 378 g/mol. The van der Waals surface area contributed by atoms with E-state index in [9.17, 15) is 4.79 Å². The Hall–Kier alpha value is -3.61. The third-order valence-corrected chi connectivity index (χ3v) is 4.21. The van der Waals surface area contributed by atoms with Gasteiger partial charge in [0.2, 0.25) is 0 Å². The molecule has 3 rings (SSSR count). The van der Waals surface area contributed by atoms with Crippen molar-refractivity contribution in [3.63, 3.8) is 0 Å². The van der Waals surface area contributed by atoms with Crippen LogP contribution in [0.4, 0.5) is 17.2 Å². The number of benzene rings is 2. The zero-order valence-corrected chi connectivity index (χ0v) is 16.0. The Bertz CT molecular complexity index is 958. The number of para-hydroxylation sites is 1. The smallest absolute Gasteiger partial charge is 0.276 e. The maximum absolute atomic E-state index is 12.5. The minimum atomic E-state index is -0.389. The molecule has 0 saturated heterocycles. The fourth-order valence-corrected chi connectivity index (χ4v) is 2.71. The first-order valence-electron chi connectivity index (χ1n) is 8.86. The Labute approximate surface area is 163 Å². The number of hydrogen-bond donors (Lipinski definition) is 2. The van der Waals surface area contributed by atoms with Gasteiger partial charge < -0.3 is 20.1 Å². The third-order valence-electron chi connectivity index (χ3n) is 4.21. The molecule has 7 nitrogen and oxygen atoms in total. The second kappa shape index (κ2) is 8.85. The molecular formula is C21H22N4O3. The molecule has 0 aliphatic rings. The molecule has 0 saturated carbocycles. The van der Waals surface area contributed by atoms with Gasteiger partial charge in [-0.05, 0) is 42.3 Å². The van der Waals surface area contributed by atoms with E-state index in [0.29, 0.717) is 23.0 Å². The lowest BCUT2D eigenvalue weighted by Gasteiger charge is -2.12. The number of ether oxygens (including phenoxy) is 2. The fourth-order valence-electron chi connectivity index (χ4n) is 2.71. The van der Waals surface area contributed by atoms with Crippen LogP contribution in [0.2, 0.25) is 0 Å². The first-order chi connectivity index (χ1) is 13.6. The fraction of sp³-hybridized carbons (Fsp3) is 0.190. The Kier molecular flexibility index (Phi) is 6.06. The number of rotatable bonds is 7. The minimum absolute atomic E-state index is 0.194. The van der Waals surface area contributed by atoms with Crippen LogP contribution in [0.25, 0.3) is 0 Å². The number of nitrogens with one attached hydrogen (secondary N) is 2. The van der Waals surface area contributed by atoms with E-state index in [2.05, 4.69) is 33.8 Å². The van der Waals surface area contributed by atoms with Crippen molar-refractivity contribution in [3.8, 4) is 11.5 Å². The summed E-state index contributed by atoms with van der Waals surface area (Å²) in [5.74, 6) is 1.31. The molecule has 1 amide bonds. The average Bonchev–Trinajstić information content (AvgIpc) is 2.74. The van der Waals surface area contributed by atoms with Gasteiger partial charge in [0.1, 0.15) is 11.5 Å². The number of carbonyl (C=O) groups excluding carboxylic acids is 1. The number of aromatic nitrogens is 2. The topological polar surface area (TPSA) is 85.4 Å². The SMILES string of the molecule is CCc1ccccc1Nc1ccc(C(=O)Nc2cc(OC)ccc2OC)nn1. The molecule has 2 aromatic carbocycles. The van der Waals surface area contributed by atoms with Gasteiger partial charge in [-0.1, -0.05) is 25.1 Å². The molecule has 0 fully saturated rings. The Morgan fingerprint density at radius 1 is 0.964 bits per heavy atom. The summed E-state index contributed by atoms with van der Waals surface area (Å²) in [6.45, 7) is 2.09. The predicted molar refractivity (Wildman–Crippen MR) is 109 cm³/mol. The van der Waals surface area contributed by atoms with E-state index < -0.39 is 0 Å². The summed E-state index contributed by atoms with van der Waals surface area (Å²) in [4.78, 5) is 12.5. The standard InChI is InChI=1S/C21H22N4O3/c1-4-14-7-5-6-8-16(14)22-20-12-10-17(24-25-20)21(26)23-18-13-15(27-2)9-11-19(18)28-3/h5-13H,4H2,1-3H3,(H,22,25)(H,23,26). The predicted octanol–water partition coefficient (Wildman–Crippen LogP) is 4.05. The number of aryl methyl sites for hydroxylation is 1. The zero-order chi connectivity index (χ0) is 19.9. The molecule has 3 aromatic rings. The van der Waals surface area contributed by atoms with Gasteiger partial charge in [0.15, 0.2) is 11.5 Å². The molecule has 1 heterocycles. The Morgan fingerprint density at radius 3 is 2.46 bits per heavy atom. The van der Waals surface area contributed by atoms with Crippen molar-refractivity contribution < 1.29 is 14.3 Å². The number of methoxy groups -OCH3 is 2. The highest BCUT2D eigenvalue weighted by atomic mass is 16.5. The molecule has 28 heavy (non-hydrogen) atoms. The van der Waals surface area contributed by atoms with Crippen LogP contribution in [0, 0.1) is 0 Å². The summed E-state index contributed by atoms with van der Waals surface area (Å²) in [7, 11) is 3.09. The number of carbonyl (C=O) groups is 1. The highest BCUT2D eigenvalue weighted by Crippen LogP contribution is 2.29. The normalized spacial score (nSPS) is 10.2. The van der Waals surface area contributed by atoms with Crippen molar-refractivity contribution >= 4 is 23.1 Å². The summed E-state index contributed by atoms with van der Waals surface area (Å²) in [5, 5.41) is 14.1. The molecule has 0 spiro atoms. The van der Waals surface area contributed by atoms with Crippen LogP contribution in [-0.2, 0) is 6.42 Å². The second-order valence-electron chi connectivity index (χ2n) is 5.96. The first-order valence-corrected chi connectivity index (χ1v) is 8.86. The molecule has 0 bridgehead atoms. The molecule has 0 aliphatic heterocycles. The van der Waals surface area contributed by atoms with Gasteiger partial charge in [0.05, 0.1) is 19.9 Å². The van der Waals surface area contributed by atoms with Crippen LogP contribution in [0.5, 0.6) is 11.5 Å². The molecule has 0 unspecified atom stereocenters. The molecule has 0 atom stereocenters. The molecule has 0 radical (unpaired) electrons. The van der Waals surface area contributed by atoms with E-state index in [1.165, 1.54) is 12.7 Å². The van der Waals surface area contributed by atoms with E-state index in [0.717, 1.165) is 12.1 Å². The van der Waals surface area contributed by atoms with E-state index in [4.69, 9.17) is 9.47 Å². The van der Waals surface area contributed by atoms with Crippen LogP contribution in [0.3, 0.4) is 0 Å². The van der Waals surface area contributed by atoms with Gasteiger partial charge in [0.25, 0.3) is 5.91 Å². The van der Waals surface area contributed by atoms with Gasteiger partial charge in [-0.15, -0.1) is 10.2 Å². The van der Waals surface area contributed by atoms with E-state index >= 15 is 0 Å². The largest absolute Gasteiger partial charge is 0.497 e. The van der Waals surface area contributed by atoms with Crippen LogP contribution in [-0.4, -0.2) is 30.3 Å². The van der Waals surface area contributed by atoms with Gasteiger partial charge in [-0.25, -0.2) is 0 Å². The van der Waals surface area contributed by atoms with E-state index in [1.54, 1.807) is 37.4 Å². The second-order valence-corrected chi connectivity index (χ2v) is 5.96. The summed E-state index contributed by atoms with van der Waals surface area (Å²) < 4.78 is 10.5. The molecule has 7 heteroatoms. The first kappa shape index (κ1) is 19.2. The van der Waals surface area contributed by atoms with Gasteiger partial charge in [-0.2, -0.15) is 0 Å². The van der Waals surface area contributed by atoms with Gasteiger partial charge >= 0.3 is 0 Å². The van der Waals surface area contributed by atoms with Crippen molar-refractivity contribution in [2.75, 3.05) is 24.9 Å². The van der Waals surface area contributed by atoms with Gasteiger partial charge in [-0.3, -0.25) is 4.79 Å². The number of nitrogens with zero attached hydrogens (tertiary/aromatic N) is 2. The van der Waals surface area contributed by atoms with Crippen LogP contribution < -0.4 is 20.1 Å². The summed E-state index contributed by atoms with van der Waals surface area (Å²) in [6, 6.07) is 16.5. The number of amides is 1. The summed E-state index contributed by atoms with van der Waals surface area (Å²) in [6.07, 6.45) is 0.902. The highest BCUT2D eigenvalue weighted by Gasteiger charge is 2.13. The molecular weight excluding hydrogens is 356 g/mol. The minimum Gasteiger partial charge on any atom is -0.497 e. The van der Waals surface area contributed by atoms with E-state index in [-0.39, 0.29) is 11.6 Å². The van der Waals surface area contributed by atoms with Crippen LogP contribution in [0.1, 0.15) is 23.0 Å². The quantitative estimate of drug-likeness (QED) is 0.645. The van der Waals surface area contributed by atoms with Crippen molar-refractivity contribution in [2.45, 2.75) is 13.3 Å². The molecule has 1 aromatic heterocycles. The zero-order valence-electron chi connectivity index (χ0n) is 16.0. The third kappa shape index (κ3) is 4.37. The Balaban J connectivity index is 1.74. The molecule has 2 N–H and O–H groups in total. The maximum atomic E-state index is 12.5. The Morgan fingerprint density at radius 2 is 1.79 bits per heavy atom. The number of hydrogen-bond acceptors (Lipinski definition) is 6. The van der Waals surface area contributed by atoms with Crippen molar-refractivity contribution in [3.05, 3.63) is 65.9 Å². The molecule has 144 valence electrons. The van der Waals surface area contributed by atoms with Gasteiger partial charge in [0, 0.05) is 11.8 Å². The van der Waals surface area contributed by atoms with Crippen molar-refractivity contribution in [1.29, 1.82) is 0 Å². The van der Waals surface area contributed by atoms with Crippen LogP contribution in [0.15, 0.2) is 54.6 Å². The summed E-state index contributed by atoms with van der Waals surface area (Å²) >= 11 is 0. The van der Waals surface area contributed by atoms with E-state index in [1.807, 2.05) is 18.2 Å². The summed E-state index contributed by atoms with van der Waals surface area (Å²) in [5.41, 5.74) is 2.83. The maximum Gasteiger partial charge on any atom is 0.276 e. The van der Waals surface area contributed by atoms with Crippen molar-refractivity contribution in [2.24, 2.45) is 0 Å². The van der Waals surface area contributed by atoms with Crippen molar-refractivity contribution in [1.82, 2.24) is 10.2 Å². The lowest BCUT2D eigenvalue weighted by atomic mass is 10.1. The highest BCUT2D eigenvalue weighted by molar-refractivity contribution is 6.03. The van der Waals surface area contributed by atoms with Crippen LogP contribution >= 0.6 is 0 Å². The lowest BCUT2D eigenvalue weighted by Crippen LogP contribution is -2.15. The average molecular weight is 378 g/mol. The molecule has 0 aliphatic carbocycles.